The average Bonchev–Trinajstić information content (AvgIpc) is 3.83. The summed E-state index contributed by atoms with van der Waals surface area (Å²) in [6.45, 7) is 3.16. The Labute approximate surface area is 210 Å². The van der Waals surface area contributed by atoms with Gasteiger partial charge in [0.2, 0.25) is 0 Å². The molecule has 2 N–H and O–H groups in total. The Hall–Kier alpha value is -3.65. The zero-order valence-electron chi connectivity index (χ0n) is 20.6. The van der Waals surface area contributed by atoms with Crippen molar-refractivity contribution in [3.8, 4) is 11.4 Å². The fourth-order valence-corrected chi connectivity index (χ4v) is 5.48. The van der Waals surface area contributed by atoms with Crippen molar-refractivity contribution in [1.82, 2.24) is 9.78 Å². The standard InChI is InChI=1S/C28H30N4O4/c1-3-36-26(34)23-22-24(32(30-23)20-8-10-21(35-2)11-9-20)25(33)31(17-28(22)14-15-28)19-6-4-18(5-7-19)27(16-29)12-13-27/h4-11H,3,12-17,29H2,1-2H3. The lowest BCUT2D eigenvalue weighted by atomic mass is 9.88. The molecule has 2 heterocycles. The van der Waals surface area contributed by atoms with Crippen molar-refractivity contribution < 1.29 is 19.1 Å². The molecule has 0 unspecified atom stereocenters. The van der Waals surface area contributed by atoms with Crippen LogP contribution in [0.3, 0.4) is 0 Å². The van der Waals surface area contributed by atoms with Gasteiger partial charge >= 0.3 is 5.97 Å². The Kier molecular flexibility index (Phi) is 5.19. The highest BCUT2D eigenvalue weighted by atomic mass is 16.5. The number of methoxy groups -OCH3 is 1. The van der Waals surface area contributed by atoms with Crippen LogP contribution < -0.4 is 15.4 Å². The molecule has 2 saturated carbocycles. The first-order valence-corrected chi connectivity index (χ1v) is 12.5. The Balaban J connectivity index is 1.45. The molecule has 1 amide bonds. The van der Waals surface area contributed by atoms with E-state index in [1.165, 1.54) is 5.56 Å². The number of amides is 1. The monoisotopic (exact) mass is 486 g/mol. The van der Waals surface area contributed by atoms with Crippen LogP contribution in [0.25, 0.3) is 5.69 Å². The fraction of sp³-hybridized carbons (Fsp3) is 0.393. The molecule has 0 saturated heterocycles. The molecule has 1 aliphatic heterocycles. The second-order valence-corrected chi connectivity index (χ2v) is 10.1. The number of aromatic nitrogens is 2. The van der Waals surface area contributed by atoms with Crippen molar-refractivity contribution in [3.05, 3.63) is 71.0 Å². The van der Waals surface area contributed by atoms with E-state index >= 15 is 0 Å². The molecule has 8 nitrogen and oxygen atoms in total. The van der Waals surface area contributed by atoms with Crippen molar-refractivity contribution in [2.45, 2.75) is 43.4 Å². The SMILES string of the molecule is CCOC(=O)c1nn(-c2ccc(OC)cc2)c2c1C1(CC1)CN(c1ccc(C3(CN)CC3)cc1)C2=O. The first kappa shape index (κ1) is 22.8. The van der Waals surface area contributed by atoms with Crippen molar-refractivity contribution in [1.29, 1.82) is 0 Å². The predicted molar refractivity (Wildman–Crippen MR) is 135 cm³/mol. The maximum atomic E-state index is 14.1. The molecule has 3 aromatic rings. The van der Waals surface area contributed by atoms with Crippen LogP contribution in [0.15, 0.2) is 48.5 Å². The molecular formula is C28H30N4O4. The van der Waals surface area contributed by atoms with Crippen LogP contribution in [-0.2, 0) is 15.6 Å². The third-order valence-electron chi connectivity index (χ3n) is 8.00. The lowest BCUT2D eigenvalue weighted by molar-refractivity contribution is 0.0516. The molecule has 2 fully saturated rings. The molecule has 1 aromatic heterocycles. The summed E-state index contributed by atoms with van der Waals surface area (Å²) in [5, 5.41) is 4.66. The minimum Gasteiger partial charge on any atom is -0.497 e. The summed E-state index contributed by atoms with van der Waals surface area (Å²) < 4.78 is 12.2. The fourth-order valence-electron chi connectivity index (χ4n) is 5.48. The topological polar surface area (TPSA) is 99.7 Å². The number of benzene rings is 2. The highest BCUT2D eigenvalue weighted by Gasteiger charge is 2.56. The van der Waals surface area contributed by atoms with Crippen molar-refractivity contribution in [2.24, 2.45) is 5.73 Å². The first-order valence-electron chi connectivity index (χ1n) is 12.5. The van der Waals surface area contributed by atoms with Crippen molar-refractivity contribution >= 4 is 17.6 Å². The third-order valence-corrected chi connectivity index (χ3v) is 8.00. The number of anilines is 1. The molecule has 0 atom stereocenters. The number of nitrogens with zero attached hydrogens (tertiary/aromatic N) is 3. The normalized spacial score (nSPS) is 18.6. The molecule has 0 radical (unpaired) electrons. The van der Waals surface area contributed by atoms with E-state index in [2.05, 4.69) is 17.2 Å². The summed E-state index contributed by atoms with van der Waals surface area (Å²) in [6.07, 6.45) is 3.99. The third kappa shape index (κ3) is 3.43. The first-order chi connectivity index (χ1) is 17.4. The smallest absolute Gasteiger partial charge is 0.359 e. The van der Waals surface area contributed by atoms with Gasteiger partial charge in [-0.1, -0.05) is 12.1 Å². The number of hydrogen-bond donors (Lipinski definition) is 1. The van der Waals surface area contributed by atoms with E-state index in [0.29, 0.717) is 30.2 Å². The number of carbonyl (C=O) groups is 2. The quantitative estimate of drug-likeness (QED) is 0.511. The van der Waals surface area contributed by atoms with Gasteiger partial charge in [0.15, 0.2) is 5.69 Å². The summed E-state index contributed by atoms with van der Waals surface area (Å²) in [4.78, 5) is 28.8. The Morgan fingerprint density at radius 3 is 2.25 bits per heavy atom. The van der Waals surface area contributed by atoms with E-state index in [0.717, 1.165) is 36.9 Å². The van der Waals surface area contributed by atoms with Crippen LogP contribution in [0.5, 0.6) is 5.75 Å². The lowest BCUT2D eigenvalue weighted by Gasteiger charge is -2.33. The Morgan fingerprint density at radius 2 is 1.69 bits per heavy atom. The molecule has 8 heteroatoms. The second-order valence-electron chi connectivity index (χ2n) is 10.1. The Bertz CT molecular complexity index is 1340. The summed E-state index contributed by atoms with van der Waals surface area (Å²) in [5.41, 5.74) is 9.95. The maximum Gasteiger partial charge on any atom is 0.359 e. The van der Waals surface area contributed by atoms with Crippen molar-refractivity contribution in [3.63, 3.8) is 0 Å². The average molecular weight is 487 g/mol. The molecule has 2 aliphatic carbocycles. The minimum atomic E-state index is -0.491. The van der Waals surface area contributed by atoms with Crippen LogP contribution in [-0.4, -0.2) is 48.5 Å². The van der Waals surface area contributed by atoms with Gasteiger partial charge in [0.25, 0.3) is 5.91 Å². The largest absolute Gasteiger partial charge is 0.497 e. The minimum absolute atomic E-state index is 0.0941. The van der Waals surface area contributed by atoms with E-state index < -0.39 is 5.97 Å². The zero-order chi connectivity index (χ0) is 25.1. The van der Waals surface area contributed by atoms with Crippen LogP contribution in [0.2, 0.25) is 0 Å². The van der Waals surface area contributed by atoms with Crippen LogP contribution in [0, 0.1) is 0 Å². The van der Waals surface area contributed by atoms with Gasteiger partial charge in [-0.05, 0) is 74.6 Å². The summed E-state index contributed by atoms with van der Waals surface area (Å²) >= 11 is 0. The number of carbonyl (C=O) groups excluding carboxylic acids is 2. The summed E-state index contributed by atoms with van der Waals surface area (Å²) in [7, 11) is 1.60. The van der Waals surface area contributed by atoms with Gasteiger partial charge in [-0.3, -0.25) is 4.79 Å². The van der Waals surface area contributed by atoms with E-state index in [4.69, 9.17) is 15.2 Å². The molecule has 36 heavy (non-hydrogen) atoms. The van der Waals surface area contributed by atoms with Crippen LogP contribution >= 0.6 is 0 Å². The number of hydrogen-bond acceptors (Lipinski definition) is 6. The number of rotatable bonds is 7. The van der Waals surface area contributed by atoms with Gasteiger partial charge in [-0.15, -0.1) is 0 Å². The predicted octanol–water partition coefficient (Wildman–Crippen LogP) is 3.74. The highest BCUT2D eigenvalue weighted by Crippen LogP contribution is 2.55. The van der Waals surface area contributed by atoms with E-state index in [1.54, 1.807) is 18.7 Å². The molecule has 3 aliphatic rings. The maximum absolute atomic E-state index is 14.1. The zero-order valence-corrected chi connectivity index (χ0v) is 20.6. The number of nitrogens with two attached hydrogens (primary N) is 1. The van der Waals surface area contributed by atoms with Crippen molar-refractivity contribution in [2.75, 3.05) is 31.7 Å². The van der Waals surface area contributed by atoms with Crippen LogP contribution in [0.4, 0.5) is 5.69 Å². The van der Waals surface area contributed by atoms with Gasteiger partial charge in [-0.2, -0.15) is 5.10 Å². The van der Waals surface area contributed by atoms with E-state index in [9.17, 15) is 9.59 Å². The molecule has 186 valence electrons. The van der Waals surface area contributed by atoms with Crippen LogP contribution in [0.1, 0.15) is 64.7 Å². The van der Waals surface area contributed by atoms with Gasteiger partial charge in [0.1, 0.15) is 11.4 Å². The Morgan fingerprint density at radius 1 is 1.03 bits per heavy atom. The number of fused-ring (bicyclic) bond motifs is 2. The molecule has 0 bridgehead atoms. The van der Waals surface area contributed by atoms with Gasteiger partial charge in [-0.25, -0.2) is 9.48 Å². The number of esters is 1. The highest BCUT2D eigenvalue weighted by molar-refractivity contribution is 6.10. The molecule has 2 aromatic carbocycles. The second kappa shape index (κ2) is 8.20. The van der Waals surface area contributed by atoms with E-state index in [-0.39, 0.29) is 29.0 Å². The molecular weight excluding hydrogens is 456 g/mol. The lowest BCUT2D eigenvalue weighted by Crippen LogP contribution is -2.44. The van der Waals surface area contributed by atoms with Gasteiger partial charge < -0.3 is 20.1 Å². The molecule has 6 rings (SSSR count). The molecule has 1 spiro atoms. The van der Waals surface area contributed by atoms with Gasteiger partial charge in [0, 0.05) is 35.2 Å². The number of ether oxygens (including phenoxy) is 2. The summed E-state index contributed by atoms with van der Waals surface area (Å²) in [5.74, 6) is 0.0338. The van der Waals surface area contributed by atoms with Gasteiger partial charge in [0.05, 0.1) is 19.4 Å². The van der Waals surface area contributed by atoms with E-state index in [1.807, 2.05) is 41.3 Å². The summed E-state index contributed by atoms with van der Waals surface area (Å²) in [6, 6.07) is 15.5.